The zero-order valence-electron chi connectivity index (χ0n) is 12.0. The molecule has 0 heterocycles. The summed E-state index contributed by atoms with van der Waals surface area (Å²) >= 11 is 3.41. The number of hydrogen-bond acceptors (Lipinski definition) is 2. The predicted molar refractivity (Wildman–Crippen MR) is 86.6 cm³/mol. The number of anilines is 1. The summed E-state index contributed by atoms with van der Waals surface area (Å²) in [6.07, 6.45) is 3.92. The van der Waals surface area contributed by atoms with Crippen molar-refractivity contribution >= 4 is 27.4 Å². The third-order valence-electron chi connectivity index (χ3n) is 3.36. The van der Waals surface area contributed by atoms with E-state index in [-0.39, 0.29) is 5.78 Å². The number of carbonyl (C=O) groups excluding carboxylic acids is 1. The van der Waals surface area contributed by atoms with Gasteiger partial charge in [0.15, 0.2) is 5.78 Å². The van der Waals surface area contributed by atoms with Crippen LogP contribution < -0.4 is 4.90 Å². The minimum atomic E-state index is 0.265. The Hall–Kier alpha value is -0.830. The summed E-state index contributed by atoms with van der Waals surface area (Å²) < 4.78 is 0. The SMILES string of the molecule is CCN(CC)c1ccc(C(=O)CCCCCBr)cc1. The van der Waals surface area contributed by atoms with Crippen LogP contribution in [0.15, 0.2) is 24.3 Å². The van der Waals surface area contributed by atoms with Gasteiger partial charge in [0.1, 0.15) is 0 Å². The van der Waals surface area contributed by atoms with E-state index in [2.05, 4.69) is 46.8 Å². The lowest BCUT2D eigenvalue weighted by Crippen LogP contribution is -2.21. The van der Waals surface area contributed by atoms with Crippen LogP contribution in [0, 0.1) is 0 Å². The molecule has 0 fully saturated rings. The fourth-order valence-corrected chi connectivity index (χ4v) is 2.54. The van der Waals surface area contributed by atoms with Gasteiger partial charge in [0.05, 0.1) is 0 Å². The summed E-state index contributed by atoms with van der Waals surface area (Å²) in [5.41, 5.74) is 2.04. The Bertz CT molecular complexity index is 371. The zero-order valence-corrected chi connectivity index (χ0v) is 13.6. The van der Waals surface area contributed by atoms with E-state index in [9.17, 15) is 4.79 Å². The number of alkyl halides is 1. The number of Topliss-reactive ketones (excluding diaryl/α,β-unsaturated/α-hetero) is 1. The quantitative estimate of drug-likeness (QED) is 0.373. The highest BCUT2D eigenvalue weighted by Gasteiger charge is 2.07. The number of hydrogen-bond donors (Lipinski definition) is 0. The first kappa shape index (κ1) is 16.2. The van der Waals surface area contributed by atoms with Gasteiger partial charge in [-0.15, -0.1) is 0 Å². The number of benzene rings is 1. The van der Waals surface area contributed by atoms with Crippen LogP contribution in [0.1, 0.15) is 49.9 Å². The maximum atomic E-state index is 12.0. The number of nitrogens with zero attached hydrogens (tertiary/aromatic N) is 1. The van der Waals surface area contributed by atoms with Gasteiger partial charge in [0.25, 0.3) is 0 Å². The zero-order chi connectivity index (χ0) is 14.1. The molecule has 2 nitrogen and oxygen atoms in total. The van der Waals surface area contributed by atoms with Gasteiger partial charge in [-0.1, -0.05) is 22.4 Å². The molecular formula is C16H24BrNO. The standard InChI is InChI=1S/C16H24BrNO/c1-3-18(4-2)15-11-9-14(10-12-15)16(19)8-6-5-7-13-17/h9-12H,3-8,13H2,1-2H3. The van der Waals surface area contributed by atoms with E-state index in [4.69, 9.17) is 0 Å². The molecule has 0 unspecified atom stereocenters. The van der Waals surface area contributed by atoms with Crippen molar-refractivity contribution in [2.45, 2.75) is 39.5 Å². The molecule has 0 aliphatic heterocycles. The number of rotatable bonds is 9. The average molecular weight is 326 g/mol. The van der Waals surface area contributed by atoms with Gasteiger partial charge in [-0.3, -0.25) is 4.79 Å². The van der Waals surface area contributed by atoms with Crippen molar-refractivity contribution in [3.8, 4) is 0 Å². The van der Waals surface area contributed by atoms with Crippen LogP contribution in [-0.2, 0) is 0 Å². The van der Waals surface area contributed by atoms with Crippen LogP contribution in [0.5, 0.6) is 0 Å². The van der Waals surface area contributed by atoms with Gasteiger partial charge in [-0.25, -0.2) is 0 Å². The fourth-order valence-electron chi connectivity index (χ4n) is 2.15. The van der Waals surface area contributed by atoms with Gasteiger partial charge in [0, 0.05) is 36.1 Å². The van der Waals surface area contributed by atoms with Crippen LogP contribution >= 0.6 is 15.9 Å². The van der Waals surface area contributed by atoms with Gasteiger partial charge >= 0.3 is 0 Å². The van der Waals surface area contributed by atoms with Crippen molar-refractivity contribution in [2.24, 2.45) is 0 Å². The molecule has 106 valence electrons. The Morgan fingerprint density at radius 1 is 1.05 bits per heavy atom. The molecule has 0 aromatic heterocycles. The van der Waals surface area contributed by atoms with Crippen molar-refractivity contribution in [3.63, 3.8) is 0 Å². The second kappa shape index (κ2) is 9.13. The van der Waals surface area contributed by atoms with Crippen molar-refractivity contribution in [1.29, 1.82) is 0 Å². The van der Waals surface area contributed by atoms with E-state index in [0.717, 1.165) is 43.2 Å². The number of carbonyl (C=O) groups is 1. The summed E-state index contributed by atoms with van der Waals surface area (Å²) in [5.74, 6) is 0.265. The third-order valence-corrected chi connectivity index (χ3v) is 3.92. The van der Waals surface area contributed by atoms with Crippen molar-refractivity contribution in [3.05, 3.63) is 29.8 Å². The number of unbranched alkanes of at least 4 members (excludes halogenated alkanes) is 2. The molecule has 19 heavy (non-hydrogen) atoms. The van der Waals surface area contributed by atoms with Gasteiger partial charge < -0.3 is 4.90 Å². The van der Waals surface area contributed by atoms with E-state index < -0.39 is 0 Å². The smallest absolute Gasteiger partial charge is 0.162 e. The highest BCUT2D eigenvalue weighted by molar-refractivity contribution is 9.09. The molecule has 3 heteroatoms. The van der Waals surface area contributed by atoms with Crippen molar-refractivity contribution in [2.75, 3.05) is 23.3 Å². The molecule has 0 atom stereocenters. The Labute approximate surface area is 125 Å². The predicted octanol–water partition coefficient (Wildman–Crippen LogP) is 4.67. The molecule has 0 amide bonds. The minimum absolute atomic E-state index is 0.265. The first-order chi connectivity index (χ1) is 9.22. The Balaban J connectivity index is 2.53. The van der Waals surface area contributed by atoms with E-state index in [1.165, 1.54) is 5.69 Å². The minimum Gasteiger partial charge on any atom is -0.372 e. The first-order valence-corrected chi connectivity index (χ1v) is 8.29. The lowest BCUT2D eigenvalue weighted by atomic mass is 10.0. The van der Waals surface area contributed by atoms with E-state index >= 15 is 0 Å². The van der Waals surface area contributed by atoms with E-state index in [0.29, 0.717) is 6.42 Å². The average Bonchev–Trinajstić information content (AvgIpc) is 2.45. The molecule has 0 radical (unpaired) electrons. The molecule has 1 aromatic carbocycles. The first-order valence-electron chi connectivity index (χ1n) is 7.17. The molecule has 1 aromatic rings. The lowest BCUT2D eigenvalue weighted by Gasteiger charge is -2.21. The van der Waals surface area contributed by atoms with E-state index in [1.54, 1.807) is 0 Å². The second-order valence-electron chi connectivity index (χ2n) is 4.64. The third kappa shape index (κ3) is 5.35. The van der Waals surface area contributed by atoms with Crippen molar-refractivity contribution < 1.29 is 4.79 Å². The van der Waals surface area contributed by atoms with E-state index in [1.807, 2.05) is 12.1 Å². The summed E-state index contributed by atoms with van der Waals surface area (Å²) in [7, 11) is 0. The maximum absolute atomic E-state index is 12.0. The summed E-state index contributed by atoms with van der Waals surface area (Å²) in [6.45, 7) is 6.28. The molecule has 0 spiro atoms. The molecule has 0 N–H and O–H groups in total. The van der Waals surface area contributed by atoms with Gasteiger partial charge in [-0.05, 0) is 51.0 Å². The van der Waals surface area contributed by atoms with Crippen LogP contribution in [0.4, 0.5) is 5.69 Å². The molecule has 0 saturated carbocycles. The Kier molecular flexibility index (Phi) is 7.80. The molecule has 0 bridgehead atoms. The number of halogens is 1. The molecule has 0 aliphatic carbocycles. The molecule has 1 rings (SSSR count). The Morgan fingerprint density at radius 3 is 2.21 bits per heavy atom. The van der Waals surface area contributed by atoms with Crippen LogP contribution in [0.25, 0.3) is 0 Å². The van der Waals surface area contributed by atoms with Crippen LogP contribution in [0.3, 0.4) is 0 Å². The van der Waals surface area contributed by atoms with Crippen molar-refractivity contribution in [1.82, 2.24) is 0 Å². The number of ketones is 1. The van der Waals surface area contributed by atoms with Gasteiger partial charge in [0.2, 0.25) is 0 Å². The summed E-state index contributed by atoms with van der Waals surface area (Å²) in [5, 5.41) is 1.03. The normalized spacial score (nSPS) is 10.5. The molecular weight excluding hydrogens is 302 g/mol. The van der Waals surface area contributed by atoms with Crippen LogP contribution in [0.2, 0.25) is 0 Å². The summed E-state index contributed by atoms with van der Waals surface area (Å²) in [4.78, 5) is 14.3. The largest absolute Gasteiger partial charge is 0.372 e. The highest BCUT2D eigenvalue weighted by Crippen LogP contribution is 2.16. The molecule has 0 aliphatic rings. The van der Waals surface area contributed by atoms with Gasteiger partial charge in [-0.2, -0.15) is 0 Å². The second-order valence-corrected chi connectivity index (χ2v) is 5.43. The Morgan fingerprint density at radius 2 is 1.68 bits per heavy atom. The lowest BCUT2D eigenvalue weighted by molar-refractivity contribution is 0.0979. The topological polar surface area (TPSA) is 20.3 Å². The monoisotopic (exact) mass is 325 g/mol. The highest BCUT2D eigenvalue weighted by atomic mass is 79.9. The summed E-state index contributed by atoms with van der Waals surface area (Å²) in [6, 6.07) is 8.03. The van der Waals surface area contributed by atoms with Crippen LogP contribution in [-0.4, -0.2) is 24.2 Å². The maximum Gasteiger partial charge on any atom is 0.162 e. The molecule has 0 saturated heterocycles. The fraction of sp³-hybridized carbons (Fsp3) is 0.562.